The van der Waals surface area contributed by atoms with Crippen LogP contribution in [0.3, 0.4) is 0 Å². The number of hydrogen-bond donors (Lipinski definition) is 0. The molecular weight excluding hydrogens is 475 g/mol. The highest BCUT2D eigenvalue weighted by molar-refractivity contribution is 7.89. The number of methoxy groups -OCH3 is 1. The molecule has 184 valence electrons. The minimum atomic E-state index is -4.49. The first-order valence-electron chi connectivity index (χ1n) is 10.2. The van der Waals surface area contributed by atoms with Crippen molar-refractivity contribution >= 4 is 21.8 Å². The Hall–Kier alpha value is -3.12. The molecule has 0 radical (unpaired) electrons. The third-order valence-corrected chi connectivity index (χ3v) is 7.32. The van der Waals surface area contributed by atoms with Gasteiger partial charge in [-0.05, 0) is 42.5 Å². The number of carbonyl (C=O) groups is 2. The van der Waals surface area contributed by atoms with Gasteiger partial charge in [0.15, 0.2) is 0 Å². The summed E-state index contributed by atoms with van der Waals surface area (Å²) in [6.07, 6.45) is -4.49. The second kappa shape index (κ2) is 9.63. The van der Waals surface area contributed by atoms with Crippen molar-refractivity contribution in [3.8, 4) is 5.75 Å². The lowest BCUT2D eigenvalue weighted by molar-refractivity contribution is -0.137. The number of nitrogens with zero attached hydrogens (tertiary/aromatic N) is 3. The van der Waals surface area contributed by atoms with E-state index in [1.807, 2.05) is 0 Å². The Labute approximate surface area is 195 Å². The Balaban J connectivity index is 1.71. The predicted molar refractivity (Wildman–Crippen MR) is 117 cm³/mol. The number of piperazine rings is 1. The third kappa shape index (κ3) is 5.17. The first-order valence-corrected chi connectivity index (χ1v) is 11.7. The summed E-state index contributed by atoms with van der Waals surface area (Å²) in [4.78, 5) is 28.5. The summed E-state index contributed by atoms with van der Waals surface area (Å²) in [5.41, 5.74) is -0.556. The van der Waals surface area contributed by atoms with E-state index in [1.165, 1.54) is 49.2 Å². The first kappa shape index (κ1) is 25.5. The van der Waals surface area contributed by atoms with Crippen LogP contribution in [0, 0.1) is 0 Å². The quantitative estimate of drug-likeness (QED) is 0.631. The summed E-state index contributed by atoms with van der Waals surface area (Å²) in [7, 11) is 0.219. The van der Waals surface area contributed by atoms with Crippen LogP contribution in [0.1, 0.15) is 26.3 Å². The van der Waals surface area contributed by atoms with E-state index in [0.717, 1.165) is 28.6 Å². The summed E-state index contributed by atoms with van der Waals surface area (Å²) < 4.78 is 69.6. The number of amides is 2. The second-order valence-electron chi connectivity index (χ2n) is 7.81. The topological polar surface area (TPSA) is 87.2 Å². The van der Waals surface area contributed by atoms with E-state index in [4.69, 9.17) is 4.74 Å². The molecule has 0 N–H and O–H groups in total. The van der Waals surface area contributed by atoms with Crippen LogP contribution in [0.5, 0.6) is 5.75 Å². The average molecular weight is 500 g/mol. The molecule has 1 saturated heterocycles. The molecule has 0 atom stereocenters. The standard InChI is InChI=1S/C22H24F3N3O5S/c1-26(2)34(31,32)19-14-16(6-9-18(19)33-3)21(30)28-12-10-27(11-13-28)20(29)15-4-7-17(8-5-15)22(23,24)25/h4-9,14H,10-13H2,1-3H3. The molecule has 1 aliphatic heterocycles. The normalized spacial score (nSPS) is 14.9. The molecular formula is C22H24F3N3O5S. The zero-order chi connectivity index (χ0) is 25.3. The van der Waals surface area contributed by atoms with E-state index < -0.39 is 33.6 Å². The fourth-order valence-electron chi connectivity index (χ4n) is 3.49. The van der Waals surface area contributed by atoms with Gasteiger partial charge in [-0.15, -0.1) is 0 Å². The zero-order valence-corrected chi connectivity index (χ0v) is 19.6. The second-order valence-corrected chi connectivity index (χ2v) is 9.93. The summed E-state index contributed by atoms with van der Waals surface area (Å²) in [5, 5.41) is 0. The lowest BCUT2D eigenvalue weighted by atomic mass is 10.1. The SMILES string of the molecule is COc1ccc(C(=O)N2CCN(C(=O)c3ccc(C(F)(F)F)cc3)CC2)cc1S(=O)(=O)N(C)C. The Morgan fingerprint density at radius 3 is 1.79 bits per heavy atom. The van der Waals surface area contributed by atoms with Crippen LogP contribution in [0.25, 0.3) is 0 Å². The highest BCUT2D eigenvalue weighted by Gasteiger charge is 2.31. The van der Waals surface area contributed by atoms with Crippen molar-refractivity contribution in [1.29, 1.82) is 0 Å². The average Bonchev–Trinajstić information content (AvgIpc) is 2.82. The van der Waals surface area contributed by atoms with Crippen LogP contribution >= 0.6 is 0 Å². The molecule has 0 unspecified atom stereocenters. The van der Waals surface area contributed by atoms with E-state index in [2.05, 4.69) is 0 Å². The predicted octanol–water partition coefficient (Wildman–Crippen LogP) is 2.56. The Morgan fingerprint density at radius 1 is 0.882 bits per heavy atom. The molecule has 0 bridgehead atoms. The molecule has 0 saturated carbocycles. The van der Waals surface area contributed by atoms with Crippen molar-refractivity contribution in [3.05, 3.63) is 59.2 Å². The van der Waals surface area contributed by atoms with E-state index in [1.54, 1.807) is 0 Å². The van der Waals surface area contributed by atoms with Crippen molar-refractivity contribution in [2.75, 3.05) is 47.4 Å². The number of benzene rings is 2. The minimum absolute atomic E-state index is 0.109. The van der Waals surface area contributed by atoms with E-state index in [0.29, 0.717) is 0 Å². The summed E-state index contributed by atoms with van der Waals surface area (Å²) >= 11 is 0. The smallest absolute Gasteiger partial charge is 0.416 e. The molecule has 2 amide bonds. The van der Waals surface area contributed by atoms with Gasteiger partial charge in [0.25, 0.3) is 11.8 Å². The first-order chi connectivity index (χ1) is 15.9. The van der Waals surface area contributed by atoms with Crippen molar-refractivity contribution in [2.24, 2.45) is 0 Å². The van der Waals surface area contributed by atoms with E-state index in [-0.39, 0.29) is 48.0 Å². The maximum atomic E-state index is 13.0. The number of rotatable bonds is 5. The van der Waals surface area contributed by atoms with Crippen LogP contribution in [-0.4, -0.2) is 81.7 Å². The van der Waals surface area contributed by atoms with Crippen LogP contribution < -0.4 is 4.74 Å². The number of ether oxygens (including phenoxy) is 1. The van der Waals surface area contributed by atoms with Gasteiger partial charge >= 0.3 is 6.18 Å². The van der Waals surface area contributed by atoms with Gasteiger partial charge in [0.1, 0.15) is 10.6 Å². The van der Waals surface area contributed by atoms with Gasteiger partial charge in [-0.2, -0.15) is 13.2 Å². The van der Waals surface area contributed by atoms with Gasteiger partial charge in [-0.1, -0.05) is 0 Å². The summed E-state index contributed by atoms with van der Waals surface area (Å²) in [5.74, 6) is -0.721. The summed E-state index contributed by atoms with van der Waals surface area (Å²) in [6.45, 7) is 0.745. The largest absolute Gasteiger partial charge is 0.495 e. The van der Waals surface area contributed by atoms with Crippen LogP contribution in [0.2, 0.25) is 0 Å². The molecule has 34 heavy (non-hydrogen) atoms. The van der Waals surface area contributed by atoms with Crippen molar-refractivity contribution in [3.63, 3.8) is 0 Å². The Morgan fingerprint density at radius 2 is 1.35 bits per heavy atom. The van der Waals surface area contributed by atoms with Crippen LogP contribution in [-0.2, 0) is 16.2 Å². The van der Waals surface area contributed by atoms with E-state index >= 15 is 0 Å². The minimum Gasteiger partial charge on any atom is -0.495 e. The maximum absolute atomic E-state index is 13.0. The summed E-state index contributed by atoms with van der Waals surface area (Å²) in [6, 6.07) is 8.12. The lowest BCUT2D eigenvalue weighted by Crippen LogP contribution is -2.50. The van der Waals surface area contributed by atoms with Gasteiger partial charge in [-0.3, -0.25) is 9.59 Å². The van der Waals surface area contributed by atoms with Crippen LogP contribution in [0.4, 0.5) is 13.2 Å². The van der Waals surface area contributed by atoms with Crippen molar-refractivity contribution in [2.45, 2.75) is 11.1 Å². The van der Waals surface area contributed by atoms with Gasteiger partial charge in [0.05, 0.1) is 12.7 Å². The fraction of sp³-hybridized carbons (Fsp3) is 0.364. The molecule has 3 rings (SSSR count). The molecule has 2 aromatic rings. The molecule has 12 heteroatoms. The van der Waals surface area contributed by atoms with Gasteiger partial charge < -0.3 is 14.5 Å². The van der Waals surface area contributed by atoms with Gasteiger partial charge in [-0.25, -0.2) is 12.7 Å². The lowest BCUT2D eigenvalue weighted by Gasteiger charge is -2.35. The number of sulfonamides is 1. The molecule has 1 fully saturated rings. The number of alkyl halides is 3. The maximum Gasteiger partial charge on any atom is 0.416 e. The van der Waals surface area contributed by atoms with Crippen molar-refractivity contribution in [1.82, 2.24) is 14.1 Å². The molecule has 2 aromatic carbocycles. The molecule has 8 nitrogen and oxygen atoms in total. The number of halogens is 3. The molecule has 0 aliphatic carbocycles. The van der Waals surface area contributed by atoms with Gasteiger partial charge in [0, 0.05) is 51.4 Å². The third-order valence-electron chi connectivity index (χ3n) is 5.48. The molecule has 1 heterocycles. The van der Waals surface area contributed by atoms with E-state index in [9.17, 15) is 31.2 Å². The van der Waals surface area contributed by atoms with Crippen LogP contribution in [0.15, 0.2) is 47.4 Å². The van der Waals surface area contributed by atoms with Crippen molar-refractivity contribution < 1.29 is 35.9 Å². The highest BCUT2D eigenvalue weighted by atomic mass is 32.2. The van der Waals surface area contributed by atoms with Gasteiger partial charge in [0.2, 0.25) is 10.0 Å². The molecule has 1 aliphatic rings. The highest BCUT2D eigenvalue weighted by Crippen LogP contribution is 2.30. The molecule has 0 aromatic heterocycles. The monoisotopic (exact) mass is 499 g/mol. The molecule has 0 spiro atoms. The fourth-order valence-corrected chi connectivity index (χ4v) is 4.56. The number of hydrogen-bond acceptors (Lipinski definition) is 5. The Kier molecular flexibility index (Phi) is 7.22. The zero-order valence-electron chi connectivity index (χ0n) is 18.8. The number of carbonyl (C=O) groups excluding carboxylic acids is 2. The Bertz CT molecular complexity index is 1170.